The van der Waals surface area contributed by atoms with Crippen molar-refractivity contribution >= 4 is 21.5 Å². The van der Waals surface area contributed by atoms with Gasteiger partial charge in [-0.1, -0.05) is 69.3 Å². The standard InChI is InChI=1S/C28H24N2/c1-28(2,3)23-17-21(26-24-10-6-4-8-19(24)12-14-29-26)16-22(18-23)27-25-11-7-5-9-20(25)13-15-30-27/h4-18H,1-3H3. The van der Waals surface area contributed by atoms with E-state index < -0.39 is 0 Å². The molecule has 0 spiro atoms. The molecule has 0 radical (unpaired) electrons. The molecule has 0 saturated heterocycles. The quantitative estimate of drug-likeness (QED) is 0.314. The van der Waals surface area contributed by atoms with E-state index in [1.165, 1.54) is 27.1 Å². The number of benzene rings is 3. The van der Waals surface area contributed by atoms with Crippen LogP contribution in [0.5, 0.6) is 0 Å². The van der Waals surface area contributed by atoms with E-state index >= 15 is 0 Å². The molecule has 0 aliphatic heterocycles. The Morgan fingerprint density at radius 3 is 1.50 bits per heavy atom. The average molecular weight is 389 g/mol. The van der Waals surface area contributed by atoms with Gasteiger partial charge in [0.05, 0.1) is 11.4 Å². The second kappa shape index (κ2) is 7.07. The zero-order valence-electron chi connectivity index (χ0n) is 17.6. The van der Waals surface area contributed by atoms with Crippen molar-refractivity contribution in [2.75, 3.05) is 0 Å². The van der Waals surface area contributed by atoms with Crippen molar-refractivity contribution in [1.82, 2.24) is 9.97 Å². The van der Waals surface area contributed by atoms with Gasteiger partial charge in [-0.15, -0.1) is 0 Å². The molecule has 2 aromatic heterocycles. The number of nitrogens with zero attached hydrogens (tertiary/aromatic N) is 2. The first-order valence-electron chi connectivity index (χ1n) is 10.3. The topological polar surface area (TPSA) is 25.8 Å². The van der Waals surface area contributed by atoms with Gasteiger partial charge in [0.1, 0.15) is 0 Å². The van der Waals surface area contributed by atoms with Crippen LogP contribution < -0.4 is 0 Å². The molecular weight excluding hydrogens is 364 g/mol. The van der Waals surface area contributed by atoms with Gasteiger partial charge in [-0.25, -0.2) is 0 Å². The van der Waals surface area contributed by atoms with E-state index in [1.807, 2.05) is 12.4 Å². The Bertz CT molecular complexity index is 1270. The van der Waals surface area contributed by atoms with Crippen LogP contribution >= 0.6 is 0 Å². The van der Waals surface area contributed by atoms with E-state index in [2.05, 4.69) is 99.6 Å². The van der Waals surface area contributed by atoms with Gasteiger partial charge in [0.25, 0.3) is 0 Å². The molecule has 0 amide bonds. The van der Waals surface area contributed by atoms with Crippen molar-refractivity contribution < 1.29 is 0 Å². The number of hydrogen-bond acceptors (Lipinski definition) is 2. The first-order valence-corrected chi connectivity index (χ1v) is 10.3. The van der Waals surface area contributed by atoms with Crippen LogP contribution in [0.25, 0.3) is 44.1 Å². The highest BCUT2D eigenvalue weighted by Crippen LogP contribution is 2.36. The van der Waals surface area contributed by atoms with Crippen LogP contribution in [0.4, 0.5) is 0 Å². The lowest BCUT2D eigenvalue weighted by Gasteiger charge is -2.22. The predicted molar refractivity (Wildman–Crippen MR) is 127 cm³/mol. The van der Waals surface area contributed by atoms with Gasteiger partial charge in [-0.2, -0.15) is 0 Å². The fourth-order valence-corrected chi connectivity index (χ4v) is 4.03. The summed E-state index contributed by atoms with van der Waals surface area (Å²) in [6.07, 6.45) is 3.80. The van der Waals surface area contributed by atoms with Gasteiger partial charge in [-0.3, -0.25) is 9.97 Å². The second-order valence-electron chi connectivity index (χ2n) is 8.81. The third-order valence-electron chi connectivity index (χ3n) is 5.69. The van der Waals surface area contributed by atoms with Gasteiger partial charge >= 0.3 is 0 Å². The molecule has 0 aliphatic carbocycles. The van der Waals surface area contributed by atoms with Crippen molar-refractivity contribution in [1.29, 1.82) is 0 Å². The SMILES string of the molecule is CC(C)(C)c1cc(-c2nccc3ccccc23)cc(-c2nccc3ccccc23)c1. The Morgan fingerprint density at radius 2 is 1.03 bits per heavy atom. The minimum Gasteiger partial charge on any atom is -0.256 e. The molecule has 0 bridgehead atoms. The smallest absolute Gasteiger partial charge is 0.0780 e. The van der Waals surface area contributed by atoms with Gasteiger partial charge in [0.15, 0.2) is 0 Å². The van der Waals surface area contributed by atoms with Crippen molar-refractivity contribution in [3.8, 4) is 22.5 Å². The predicted octanol–water partition coefficient (Wildman–Crippen LogP) is 7.41. The number of aromatic nitrogens is 2. The summed E-state index contributed by atoms with van der Waals surface area (Å²) in [5.41, 5.74) is 5.58. The molecule has 0 saturated carbocycles. The molecule has 2 nitrogen and oxygen atoms in total. The van der Waals surface area contributed by atoms with E-state index in [9.17, 15) is 0 Å². The molecule has 0 unspecified atom stereocenters. The number of fused-ring (bicyclic) bond motifs is 2. The van der Waals surface area contributed by atoms with Crippen LogP contribution in [-0.2, 0) is 5.41 Å². The van der Waals surface area contributed by atoms with Crippen LogP contribution in [0.15, 0.2) is 91.3 Å². The molecular formula is C28H24N2. The minimum atomic E-state index is 0.0138. The van der Waals surface area contributed by atoms with Crippen LogP contribution in [0.3, 0.4) is 0 Å². The van der Waals surface area contributed by atoms with Crippen LogP contribution in [-0.4, -0.2) is 9.97 Å². The summed E-state index contributed by atoms with van der Waals surface area (Å²) in [5, 5.41) is 4.74. The largest absolute Gasteiger partial charge is 0.256 e. The lowest BCUT2D eigenvalue weighted by molar-refractivity contribution is 0.590. The fraction of sp³-hybridized carbons (Fsp3) is 0.143. The summed E-state index contributed by atoms with van der Waals surface area (Å²) in [5.74, 6) is 0. The van der Waals surface area contributed by atoms with E-state index in [-0.39, 0.29) is 5.41 Å². The lowest BCUT2D eigenvalue weighted by Crippen LogP contribution is -2.11. The molecule has 2 heterocycles. The zero-order chi connectivity index (χ0) is 20.7. The van der Waals surface area contributed by atoms with E-state index in [0.717, 1.165) is 22.5 Å². The second-order valence-corrected chi connectivity index (χ2v) is 8.81. The highest BCUT2D eigenvalue weighted by atomic mass is 14.7. The Labute approximate surface area is 177 Å². The third-order valence-corrected chi connectivity index (χ3v) is 5.69. The maximum absolute atomic E-state index is 4.78. The maximum atomic E-state index is 4.78. The zero-order valence-corrected chi connectivity index (χ0v) is 17.6. The normalized spacial score (nSPS) is 11.8. The Morgan fingerprint density at radius 1 is 0.567 bits per heavy atom. The molecule has 5 aromatic rings. The van der Waals surface area contributed by atoms with Gasteiger partial charge in [-0.05, 0) is 52.1 Å². The van der Waals surface area contributed by atoms with E-state index in [0.29, 0.717) is 0 Å². The Balaban J connectivity index is 1.81. The summed E-state index contributed by atoms with van der Waals surface area (Å²) in [4.78, 5) is 9.55. The van der Waals surface area contributed by atoms with Crippen molar-refractivity contribution in [3.63, 3.8) is 0 Å². The average Bonchev–Trinajstić information content (AvgIpc) is 2.77. The molecule has 0 fully saturated rings. The number of rotatable bonds is 2. The summed E-state index contributed by atoms with van der Waals surface area (Å²) in [7, 11) is 0. The molecule has 0 atom stereocenters. The van der Waals surface area contributed by atoms with Crippen molar-refractivity contribution in [3.05, 3.63) is 96.8 Å². The third kappa shape index (κ3) is 3.25. The molecule has 146 valence electrons. The first kappa shape index (κ1) is 18.5. The lowest BCUT2D eigenvalue weighted by atomic mass is 9.83. The highest BCUT2D eigenvalue weighted by molar-refractivity contribution is 5.98. The van der Waals surface area contributed by atoms with Gasteiger partial charge < -0.3 is 0 Å². The molecule has 5 rings (SSSR count). The fourth-order valence-electron chi connectivity index (χ4n) is 4.03. The van der Waals surface area contributed by atoms with Crippen LogP contribution in [0.2, 0.25) is 0 Å². The molecule has 3 aromatic carbocycles. The molecule has 30 heavy (non-hydrogen) atoms. The van der Waals surface area contributed by atoms with Crippen LogP contribution in [0, 0.1) is 0 Å². The van der Waals surface area contributed by atoms with Crippen LogP contribution in [0.1, 0.15) is 26.3 Å². The number of hydrogen-bond donors (Lipinski definition) is 0. The molecule has 0 aliphatic rings. The van der Waals surface area contributed by atoms with Gasteiger partial charge in [0, 0.05) is 34.3 Å². The number of pyridine rings is 2. The Hall–Kier alpha value is -3.52. The van der Waals surface area contributed by atoms with Gasteiger partial charge in [0.2, 0.25) is 0 Å². The van der Waals surface area contributed by atoms with E-state index in [1.54, 1.807) is 0 Å². The summed E-state index contributed by atoms with van der Waals surface area (Å²) in [6.45, 7) is 6.76. The summed E-state index contributed by atoms with van der Waals surface area (Å²) in [6, 6.07) is 27.8. The molecule has 0 N–H and O–H groups in total. The van der Waals surface area contributed by atoms with Crippen molar-refractivity contribution in [2.24, 2.45) is 0 Å². The van der Waals surface area contributed by atoms with Crippen molar-refractivity contribution in [2.45, 2.75) is 26.2 Å². The minimum absolute atomic E-state index is 0.0138. The monoisotopic (exact) mass is 388 g/mol. The highest BCUT2D eigenvalue weighted by Gasteiger charge is 2.18. The first-order chi connectivity index (χ1) is 14.5. The summed E-state index contributed by atoms with van der Waals surface area (Å²) < 4.78 is 0. The van der Waals surface area contributed by atoms with E-state index in [4.69, 9.17) is 9.97 Å². The summed E-state index contributed by atoms with van der Waals surface area (Å²) >= 11 is 0. The Kier molecular flexibility index (Phi) is 4.36. The molecule has 2 heteroatoms. The maximum Gasteiger partial charge on any atom is 0.0780 e.